The van der Waals surface area contributed by atoms with E-state index in [-0.39, 0.29) is 6.04 Å². The predicted molar refractivity (Wildman–Crippen MR) is 93.8 cm³/mol. The summed E-state index contributed by atoms with van der Waals surface area (Å²) in [5, 5.41) is 13.7. The van der Waals surface area contributed by atoms with Crippen LogP contribution in [0.4, 0.5) is 5.82 Å². The summed E-state index contributed by atoms with van der Waals surface area (Å²) in [6.45, 7) is 0. The summed E-state index contributed by atoms with van der Waals surface area (Å²) in [7, 11) is 0. The minimum Gasteiger partial charge on any atom is -0.390 e. The van der Waals surface area contributed by atoms with E-state index in [9.17, 15) is 5.11 Å². The van der Waals surface area contributed by atoms with Gasteiger partial charge in [0.2, 0.25) is 0 Å². The first-order chi connectivity index (χ1) is 11.8. The third-order valence-electron chi connectivity index (χ3n) is 4.42. The van der Waals surface area contributed by atoms with E-state index in [1.54, 1.807) is 6.20 Å². The second kappa shape index (κ2) is 6.42. The van der Waals surface area contributed by atoms with E-state index in [4.69, 9.17) is 0 Å². The summed E-state index contributed by atoms with van der Waals surface area (Å²) in [6, 6.07) is 20.1. The van der Waals surface area contributed by atoms with Crippen LogP contribution >= 0.6 is 0 Å². The zero-order valence-corrected chi connectivity index (χ0v) is 13.3. The fourth-order valence-corrected chi connectivity index (χ4v) is 3.25. The molecule has 24 heavy (non-hydrogen) atoms. The summed E-state index contributed by atoms with van der Waals surface area (Å²) < 4.78 is 0. The number of nitrogens with one attached hydrogen (secondary N) is 1. The Bertz CT molecular complexity index is 835. The number of aliphatic hydroxyl groups excluding tert-OH is 1. The maximum atomic E-state index is 10.4. The molecular formula is C20H19N3O. The monoisotopic (exact) mass is 317 g/mol. The van der Waals surface area contributed by atoms with Gasteiger partial charge < -0.3 is 10.4 Å². The van der Waals surface area contributed by atoms with Crippen molar-refractivity contribution in [3.63, 3.8) is 0 Å². The molecule has 3 aromatic rings. The number of hydrogen-bond acceptors (Lipinski definition) is 4. The molecule has 0 aliphatic heterocycles. The van der Waals surface area contributed by atoms with E-state index < -0.39 is 6.10 Å². The SMILES string of the molecule is O[C@@H]1Cc2ccccc2[C@@H]1Nc1ccnc(Cc2ccccc2)n1. The van der Waals surface area contributed by atoms with Gasteiger partial charge in [0.25, 0.3) is 0 Å². The minimum absolute atomic E-state index is 0.124. The van der Waals surface area contributed by atoms with E-state index in [2.05, 4.69) is 39.6 Å². The van der Waals surface area contributed by atoms with Crippen molar-refractivity contribution in [3.8, 4) is 0 Å². The Hall–Kier alpha value is -2.72. The van der Waals surface area contributed by atoms with Gasteiger partial charge in [-0.2, -0.15) is 0 Å². The van der Waals surface area contributed by atoms with Gasteiger partial charge in [-0.1, -0.05) is 54.6 Å². The highest BCUT2D eigenvalue weighted by molar-refractivity contribution is 5.45. The standard InChI is InChI=1S/C20H19N3O/c24-17-13-15-8-4-5-9-16(15)20(17)23-18-10-11-21-19(22-18)12-14-6-2-1-3-7-14/h1-11,17,20,24H,12-13H2,(H,21,22,23)/t17-,20+/m1/s1. The van der Waals surface area contributed by atoms with Crippen LogP contribution in [0.15, 0.2) is 66.9 Å². The topological polar surface area (TPSA) is 58.0 Å². The van der Waals surface area contributed by atoms with Gasteiger partial charge in [0.15, 0.2) is 0 Å². The van der Waals surface area contributed by atoms with Gasteiger partial charge >= 0.3 is 0 Å². The van der Waals surface area contributed by atoms with Crippen molar-refractivity contribution in [1.29, 1.82) is 0 Å². The third-order valence-corrected chi connectivity index (χ3v) is 4.42. The molecule has 0 unspecified atom stereocenters. The van der Waals surface area contributed by atoms with Crippen molar-refractivity contribution in [2.24, 2.45) is 0 Å². The molecule has 0 fully saturated rings. The van der Waals surface area contributed by atoms with E-state index in [1.165, 1.54) is 11.1 Å². The largest absolute Gasteiger partial charge is 0.390 e. The van der Waals surface area contributed by atoms with Crippen LogP contribution in [0.1, 0.15) is 28.6 Å². The van der Waals surface area contributed by atoms with Crippen LogP contribution in [-0.2, 0) is 12.8 Å². The molecule has 0 amide bonds. The summed E-state index contributed by atoms with van der Waals surface area (Å²) in [4.78, 5) is 8.96. The highest BCUT2D eigenvalue weighted by atomic mass is 16.3. The van der Waals surface area contributed by atoms with Gasteiger partial charge in [0.05, 0.1) is 12.1 Å². The molecule has 2 aromatic carbocycles. The number of aliphatic hydroxyl groups is 1. The lowest BCUT2D eigenvalue weighted by Crippen LogP contribution is -2.22. The molecule has 2 atom stereocenters. The van der Waals surface area contributed by atoms with Gasteiger partial charge in [-0.25, -0.2) is 9.97 Å². The zero-order chi connectivity index (χ0) is 16.4. The number of anilines is 1. The molecular weight excluding hydrogens is 298 g/mol. The van der Waals surface area contributed by atoms with Crippen molar-refractivity contribution in [2.45, 2.75) is 25.0 Å². The molecule has 1 aliphatic carbocycles. The minimum atomic E-state index is -0.435. The smallest absolute Gasteiger partial charge is 0.135 e. The second-order valence-corrected chi connectivity index (χ2v) is 6.11. The second-order valence-electron chi connectivity index (χ2n) is 6.11. The first-order valence-corrected chi connectivity index (χ1v) is 8.18. The van der Waals surface area contributed by atoms with Crippen LogP contribution < -0.4 is 5.32 Å². The van der Waals surface area contributed by atoms with Crippen molar-refractivity contribution in [2.75, 3.05) is 5.32 Å². The van der Waals surface area contributed by atoms with E-state index >= 15 is 0 Å². The average Bonchev–Trinajstić information content (AvgIpc) is 2.92. The quantitative estimate of drug-likeness (QED) is 0.776. The third kappa shape index (κ3) is 3.01. The van der Waals surface area contributed by atoms with Crippen molar-refractivity contribution < 1.29 is 5.11 Å². The summed E-state index contributed by atoms with van der Waals surface area (Å²) in [6.07, 6.45) is 2.70. The number of hydrogen-bond donors (Lipinski definition) is 2. The Labute approximate surface area is 141 Å². The average molecular weight is 317 g/mol. The Morgan fingerprint density at radius 2 is 1.79 bits per heavy atom. The lowest BCUT2D eigenvalue weighted by Gasteiger charge is -2.18. The molecule has 4 rings (SSSR count). The summed E-state index contributed by atoms with van der Waals surface area (Å²) in [5.41, 5.74) is 3.52. The van der Waals surface area contributed by atoms with Crippen LogP contribution in [0.3, 0.4) is 0 Å². The number of rotatable bonds is 4. The van der Waals surface area contributed by atoms with Crippen LogP contribution in [0, 0.1) is 0 Å². The first-order valence-electron chi connectivity index (χ1n) is 8.18. The maximum absolute atomic E-state index is 10.4. The van der Waals surface area contributed by atoms with Crippen LogP contribution in [0.25, 0.3) is 0 Å². The highest BCUT2D eigenvalue weighted by Gasteiger charge is 2.30. The highest BCUT2D eigenvalue weighted by Crippen LogP contribution is 2.33. The van der Waals surface area contributed by atoms with Gasteiger partial charge in [-0.15, -0.1) is 0 Å². The Balaban J connectivity index is 1.54. The van der Waals surface area contributed by atoms with E-state index in [0.717, 1.165) is 17.2 Å². The molecule has 1 aliphatic rings. The van der Waals surface area contributed by atoms with Gasteiger partial charge in [-0.05, 0) is 22.8 Å². The normalized spacial score (nSPS) is 19.0. The maximum Gasteiger partial charge on any atom is 0.135 e. The van der Waals surface area contributed by atoms with Crippen LogP contribution in [0.2, 0.25) is 0 Å². The van der Waals surface area contributed by atoms with Crippen LogP contribution in [0.5, 0.6) is 0 Å². The summed E-state index contributed by atoms with van der Waals surface area (Å²) in [5.74, 6) is 1.52. The molecule has 0 bridgehead atoms. The Morgan fingerprint density at radius 1 is 1.00 bits per heavy atom. The fraction of sp³-hybridized carbons (Fsp3) is 0.200. The van der Waals surface area contributed by atoms with Gasteiger partial charge in [0, 0.05) is 19.0 Å². The zero-order valence-electron chi connectivity index (χ0n) is 13.3. The van der Waals surface area contributed by atoms with Crippen molar-refractivity contribution in [3.05, 3.63) is 89.4 Å². The molecule has 2 N–H and O–H groups in total. The molecule has 4 heteroatoms. The molecule has 1 aromatic heterocycles. The van der Waals surface area contributed by atoms with Gasteiger partial charge in [-0.3, -0.25) is 0 Å². The molecule has 0 saturated heterocycles. The number of aromatic nitrogens is 2. The first kappa shape index (κ1) is 14.8. The van der Waals surface area contributed by atoms with Crippen molar-refractivity contribution in [1.82, 2.24) is 9.97 Å². The van der Waals surface area contributed by atoms with Crippen LogP contribution in [-0.4, -0.2) is 21.2 Å². The molecule has 120 valence electrons. The predicted octanol–water partition coefficient (Wildman–Crippen LogP) is 3.14. The Morgan fingerprint density at radius 3 is 2.67 bits per heavy atom. The molecule has 0 saturated carbocycles. The Kier molecular flexibility index (Phi) is 3.97. The number of benzene rings is 2. The molecule has 1 heterocycles. The number of fused-ring (bicyclic) bond motifs is 1. The van der Waals surface area contributed by atoms with E-state index in [0.29, 0.717) is 12.8 Å². The summed E-state index contributed by atoms with van der Waals surface area (Å²) >= 11 is 0. The molecule has 0 spiro atoms. The van der Waals surface area contributed by atoms with Gasteiger partial charge in [0.1, 0.15) is 11.6 Å². The lowest BCUT2D eigenvalue weighted by molar-refractivity contribution is 0.165. The lowest BCUT2D eigenvalue weighted by atomic mass is 10.1. The van der Waals surface area contributed by atoms with Crippen molar-refractivity contribution >= 4 is 5.82 Å². The number of nitrogens with zero attached hydrogens (tertiary/aromatic N) is 2. The molecule has 0 radical (unpaired) electrons. The fourth-order valence-electron chi connectivity index (χ4n) is 3.25. The molecule has 4 nitrogen and oxygen atoms in total. The van der Waals surface area contributed by atoms with E-state index in [1.807, 2.05) is 36.4 Å².